The van der Waals surface area contributed by atoms with Crippen LogP contribution in [-0.2, 0) is 80.5 Å². The fourth-order valence-electron chi connectivity index (χ4n) is 13.4. The third-order valence-electron chi connectivity index (χ3n) is 19.5. The first-order chi connectivity index (χ1) is 47.5. The molecule has 0 amide bonds. The van der Waals surface area contributed by atoms with E-state index in [1.54, 1.807) is 0 Å². The number of hydrogen-bond acceptors (Lipinski definition) is 46. The minimum absolute atomic E-state index is 0.757. The molecule has 9 rings (SSSR count). The summed E-state index contributed by atoms with van der Waals surface area (Å²) in [5, 5.41) is 215. The molecule has 0 unspecified atom stereocenters. The van der Waals surface area contributed by atoms with E-state index in [1.165, 1.54) is 0 Å². The normalized spacial score (nSPS) is 53.7. The van der Waals surface area contributed by atoms with Gasteiger partial charge in [0.05, 0.1) is 114 Å². The van der Waals surface area contributed by atoms with Gasteiger partial charge in [0.25, 0.3) is 0 Å². The Hall–Kier alpha value is -1.84. The molecule has 46 nitrogen and oxygen atoms in total. The highest BCUT2D eigenvalue weighted by Crippen LogP contribution is 2.38. The second-order valence-corrected chi connectivity index (χ2v) is 26.0. The van der Waals surface area contributed by atoms with Crippen molar-refractivity contribution in [2.45, 2.75) is 276 Å². The molecule has 9 aliphatic rings. The Balaban J connectivity index is 0.771. The van der Waals surface area contributed by atoms with Crippen LogP contribution in [0.1, 0.15) is 0 Å². The third-order valence-corrected chi connectivity index (χ3v) is 19.5. The SMILES string of the molecule is N[C@@H]1[C@@H](O[C@@H]2[C@@H](O)[C@H](N)[C@@H](O)O[C@@H]2CO)O[C@H](CO)[C@H](O[C@@H]2O[C@H](CO)[C@@H](O[C@@H]3O[C@H](CO)[C@@H](O[C@@H]4O[C@H](CO)[C@@H](O[C@H]5O[C@@H](CO)[C@H](O[C@H]6O[C@@H](CO)[C@H](O[C@H]7O[C@@H](CO)[C@H](O[C@H]8O[C@@H](CO)[C@H](O)[C@H](O)[C@H]8N)[C@H](O)[C@H]7N)[C@H](O)[C@H]6N)[C@H](O)[C@H]5N)[C@@H](O)[C@@H]4N)[C@@H](O)[C@@H]3N)[C@@H](O)[C@@H]2N)[C@H]1O. The number of hydrogen-bond donors (Lipinski definition) is 29. The average Bonchev–Trinajstić information content (AvgIpc) is 0.781. The molecule has 100 heavy (non-hydrogen) atoms. The zero-order valence-corrected chi connectivity index (χ0v) is 53.4. The minimum Gasteiger partial charge on any atom is -0.394 e. The van der Waals surface area contributed by atoms with Crippen molar-refractivity contribution < 1.29 is 183 Å². The van der Waals surface area contributed by atoms with Crippen LogP contribution in [0.25, 0.3) is 0 Å². The molecule has 45 atom stereocenters. The van der Waals surface area contributed by atoms with Crippen molar-refractivity contribution in [2.75, 3.05) is 59.5 Å². The standard InChI is InChI=1S/C54H101N9O37/c55-19-30(75)38(11(2-65)84-46(19)83)93-48-21(57)32(77)40(13(4-67)86-48)95-50-23(59)34(79)42(15(6-69)88-50)97-52-25(61)36(81)44(17(8-71)90-52)99-54-27(63)37(82)45(18(9-72)92-54)100-53-26(62)35(80)43(16(7-70)91-53)98-51-24(60)33(78)41(14(5-68)89-51)96-49-22(58)31(76)39(12(3-66)87-49)94-47-20(56)29(74)28(73)10(1-64)85-47/h10-54,64-83H,1-9,55-63H2/t10-,11+,12-,13+,14-,15+,16-,17+,18+,19-,20+,21-,22+,23-,24+,25-,26+,27-,28-,29+,30-,31+,32-,33+,34-,35+,36-,37-,38-,39-,40-,41-,42+,43-,44+,45+,46-,47+,48+,49+,50-,51+,52-,53+,54-/m0/s1. The maximum absolute atomic E-state index is 11.7. The van der Waals surface area contributed by atoms with E-state index in [-0.39, 0.29) is 0 Å². The zero-order valence-electron chi connectivity index (χ0n) is 53.4. The lowest BCUT2D eigenvalue weighted by atomic mass is 9.93. The number of aliphatic hydroxyl groups is 20. The molecule has 9 heterocycles. The van der Waals surface area contributed by atoms with Crippen LogP contribution in [0, 0.1) is 0 Å². The maximum atomic E-state index is 11.7. The van der Waals surface area contributed by atoms with Gasteiger partial charge in [-0.25, -0.2) is 0 Å². The fourth-order valence-corrected chi connectivity index (χ4v) is 13.4. The van der Waals surface area contributed by atoms with Gasteiger partial charge >= 0.3 is 0 Å². The van der Waals surface area contributed by atoms with Gasteiger partial charge in [-0.1, -0.05) is 0 Å². The predicted octanol–water partition coefficient (Wildman–Crippen LogP) is -20.9. The summed E-state index contributed by atoms with van der Waals surface area (Å²) < 4.78 is 99.2. The van der Waals surface area contributed by atoms with Crippen LogP contribution < -0.4 is 51.6 Å². The zero-order chi connectivity index (χ0) is 73.4. The molecule has 0 radical (unpaired) electrons. The van der Waals surface area contributed by atoms with Crippen molar-refractivity contribution >= 4 is 0 Å². The Morgan fingerprint density at radius 2 is 0.320 bits per heavy atom. The molecule has 46 heteroatoms. The van der Waals surface area contributed by atoms with Crippen LogP contribution in [-0.4, -0.2) is 437 Å². The van der Waals surface area contributed by atoms with Gasteiger partial charge in [0.15, 0.2) is 56.6 Å². The van der Waals surface area contributed by atoms with Crippen molar-refractivity contribution in [3.63, 3.8) is 0 Å². The van der Waals surface area contributed by atoms with Gasteiger partial charge in [0.1, 0.15) is 165 Å². The van der Waals surface area contributed by atoms with Crippen LogP contribution in [0.4, 0.5) is 0 Å². The van der Waals surface area contributed by atoms with E-state index in [2.05, 4.69) is 0 Å². The molecule has 9 fully saturated rings. The van der Waals surface area contributed by atoms with Crippen molar-refractivity contribution in [2.24, 2.45) is 51.6 Å². The maximum Gasteiger partial charge on any atom is 0.176 e. The Labute approximate surface area is 568 Å². The van der Waals surface area contributed by atoms with E-state index in [4.69, 9.17) is 132 Å². The van der Waals surface area contributed by atoms with Crippen molar-refractivity contribution in [1.82, 2.24) is 0 Å². The smallest absolute Gasteiger partial charge is 0.176 e. The van der Waals surface area contributed by atoms with Gasteiger partial charge in [-0.15, -0.1) is 0 Å². The van der Waals surface area contributed by atoms with Crippen molar-refractivity contribution in [1.29, 1.82) is 0 Å². The van der Waals surface area contributed by atoms with Crippen LogP contribution in [0.3, 0.4) is 0 Å². The van der Waals surface area contributed by atoms with Gasteiger partial charge in [-0.2, -0.15) is 0 Å². The average molecular weight is 1470 g/mol. The molecule has 0 aromatic carbocycles. The van der Waals surface area contributed by atoms with Gasteiger partial charge in [0.2, 0.25) is 0 Å². The molecule has 0 bridgehead atoms. The Kier molecular flexibility index (Phi) is 29.2. The van der Waals surface area contributed by atoms with Crippen LogP contribution in [0.2, 0.25) is 0 Å². The summed E-state index contributed by atoms with van der Waals surface area (Å²) in [4.78, 5) is 0. The summed E-state index contributed by atoms with van der Waals surface area (Å²) in [6.07, 6.45) is -59.6. The van der Waals surface area contributed by atoms with E-state index in [1.807, 2.05) is 0 Å². The fraction of sp³-hybridized carbons (Fsp3) is 1.00. The van der Waals surface area contributed by atoms with Gasteiger partial charge in [0, 0.05) is 0 Å². The molecule has 9 aliphatic heterocycles. The lowest BCUT2D eigenvalue weighted by molar-refractivity contribution is -0.371. The Bertz CT molecular complexity index is 2470. The van der Waals surface area contributed by atoms with E-state index < -0.39 is 335 Å². The lowest BCUT2D eigenvalue weighted by Crippen LogP contribution is -2.71. The number of nitrogens with two attached hydrogens (primary N) is 9. The second kappa shape index (κ2) is 35.5. The van der Waals surface area contributed by atoms with Crippen LogP contribution >= 0.6 is 0 Å². The molecule has 0 aliphatic carbocycles. The number of rotatable bonds is 25. The molecule has 584 valence electrons. The number of aliphatic hydroxyl groups excluding tert-OH is 20. The lowest BCUT2D eigenvalue weighted by Gasteiger charge is -2.51. The largest absolute Gasteiger partial charge is 0.394 e. The molecular weight excluding hydrogens is 1370 g/mol. The van der Waals surface area contributed by atoms with Gasteiger partial charge < -0.3 is 234 Å². The Morgan fingerprint density at radius 1 is 0.180 bits per heavy atom. The molecular formula is C54H101N9O37. The monoisotopic (exact) mass is 1470 g/mol. The van der Waals surface area contributed by atoms with Gasteiger partial charge in [-0.3, -0.25) is 0 Å². The molecule has 38 N–H and O–H groups in total. The quantitative estimate of drug-likeness (QED) is 0.0404. The highest BCUT2D eigenvalue weighted by Gasteiger charge is 2.59. The molecule has 0 aromatic rings. The first-order valence-corrected chi connectivity index (χ1v) is 32.4. The van der Waals surface area contributed by atoms with E-state index >= 15 is 0 Å². The summed E-state index contributed by atoms with van der Waals surface area (Å²) in [6, 6.07) is -14.1. The van der Waals surface area contributed by atoms with Gasteiger partial charge in [-0.05, 0) is 0 Å². The molecule has 9 saturated heterocycles. The van der Waals surface area contributed by atoms with Crippen LogP contribution in [0.5, 0.6) is 0 Å². The highest BCUT2D eigenvalue weighted by molar-refractivity contribution is 5.05. The first-order valence-electron chi connectivity index (χ1n) is 32.4. The van der Waals surface area contributed by atoms with Crippen LogP contribution in [0.15, 0.2) is 0 Å². The highest BCUT2D eigenvalue weighted by atomic mass is 16.8. The van der Waals surface area contributed by atoms with E-state index in [0.29, 0.717) is 0 Å². The molecule has 0 spiro atoms. The summed E-state index contributed by atoms with van der Waals surface area (Å²) in [5.41, 5.74) is 56.4. The summed E-state index contributed by atoms with van der Waals surface area (Å²) in [6.45, 7) is -7.95. The number of ether oxygens (including phenoxy) is 17. The van der Waals surface area contributed by atoms with Crippen molar-refractivity contribution in [3.8, 4) is 0 Å². The first kappa shape index (κ1) is 82.2. The second-order valence-electron chi connectivity index (χ2n) is 26.0. The predicted molar refractivity (Wildman–Crippen MR) is 315 cm³/mol. The summed E-state index contributed by atoms with van der Waals surface area (Å²) in [5.74, 6) is 0. The van der Waals surface area contributed by atoms with E-state index in [9.17, 15) is 102 Å². The summed E-state index contributed by atoms with van der Waals surface area (Å²) >= 11 is 0. The minimum atomic E-state index is -1.90. The molecule has 0 aromatic heterocycles. The topological polar surface area (TPSA) is 796 Å². The van der Waals surface area contributed by atoms with Crippen molar-refractivity contribution in [3.05, 3.63) is 0 Å². The molecule has 0 saturated carbocycles. The summed E-state index contributed by atoms with van der Waals surface area (Å²) in [7, 11) is 0. The Morgan fingerprint density at radius 3 is 0.490 bits per heavy atom. The van der Waals surface area contributed by atoms with E-state index in [0.717, 1.165) is 0 Å². The third kappa shape index (κ3) is 16.7.